The number of hydrogen-bond acceptors (Lipinski definition) is 5. The van der Waals surface area contributed by atoms with Crippen molar-refractivity contribution in [3.8, 4) is 11.5 Å². The molecule has 2 amide bonds. The second kappa shape index (κ2) is 6.38. The fourth-order valence-corrected chi connectivity index (χ4v) is 1.79. The smallest absolute Gasteiger partial charge is 0.251 e. The zero-order valence-corrected chi connectivity index (χ0v) is 12.7. The third-order valence-electron chi connectivity index (χ3n) is 2.68. The summed E-state index contributed by atoms with van der Waals surface area (Å²) in [6.07, 6.45) is 1.24. The molecule has 1 heterocycles. The van der Waals surface area contributed by atoms with Gasteiger partial charge in [-0.1, -0.05) is 0 Å². The highest BCUT2D eigenvalue weighted by Gasteiger charge is 2.15. The molecule has 0 fully saturated rings. The highest BCUT2D eigenvalue weighted by Crippen LogP contribution is 2.16. The Bertz CT molecular complexity index is 642. The van der Waals surface area contributed by atoms with Crippen LogP contribution in [0.15, 0.2) is 35.1 Å². The van der Waals surface area contributed by atoms with E-state index in [1.165, 1.54) is 6.39 Å². The van der Waals surface area contributed by atoms with Crippen molar-refractivity contribution in [1.29, 1.82) is 0 Å². The molecule has 2 rings (SSSR count). The van der Waals surface area contributed by atoms with Crippen molar-refractivity contribution in [2.45, 2.75) is 26.3 Å². The van der Waals surface area contributed by atoms with Gasteiger partial charge in [-0.3, -0.25) is 9.59 Å². The second-order valence-electron chi connectivity index (χ2n) is 5.80. The summed E-state index contributed by atoms with van der Waals surface area (Å²) in [4.78, 5) is 23.6. The van der Waals surface area contributed by atoms with E-state index >= 15 is 0 Å². The van der Waals surface area contributed by atoms with E-state index < -0.39 is 0 Å². The minimum atomic E-state index is -0.326. The molecule has 2 N–H and O–H groups in total. The van der Waals surface area contributed by atoms with Crippen LogP contribution >= 0.6 is 0 Å². The highest BCUT2D eigenvalue weighted by atomic mass is 16.4. The summed E-state index contributed by atoms with van der Waals surface area (Å²) in [5, 5.41) is 12.7. The maximum absolute atomic E-state index is 12.0. The Kier molecular flexibility index (Phi) is 4.55. The standard InChI is InChI=1S/C15H18N4O3/c1-15(2,3)18-12(20)8-16-13(21)10-4-6-11(7-5-10)14-19-17-9-22-14/h4-7,9H,8H2,1-3H3,(H,16,21)(H,18,20). The molecule has 1 aromatic heterocycles. The van der Waals surface area contributed by atoms with E-state index in [1.807, 2.05) is 20.8 Å². The van der Waals surface area contributed by atoms with Crippen LogP contribution in [0.2, 0.25) is 0 Å². The molecule has 0 radical (unpaired) electrons. The first-order chi connectivity index (χ1) is 10.3. The Balaban J connectivity index is 1.92. The summed E-state index contributed by atoms with van der Waals surface area (Å²) >= 11 is 0. The normalized spacial score (nSPS) is 11.0. The summed E-state index contributed by atoms with van der Waals surface area (Å²) in [5.41, 5.74) is 0.847. The van der Waals surface area contributed by atoms with Crippen LogP contribution < -0.4 is 10.6 Å². The van der Waals surface area contributed by atoms with Gasteiger partial charge in [0.25, 0.3) is 5.91 Å². The molecule has 0 unspecified atom stereocenters. The number of carbonyl (C=O) groups excluding carboxylic acids is 2. The number of hydrogen-bond donors (Lipinski definition) is 2. The number of rotatable bonds is 4. The first-order valence-corrected chi connectivity index (χ1v) is 6.81. The zero-order chi connectivity index (χ0) is 16.2. The highest BCUT2D eigenvalue weighted by molar-refractivity contribution is 5.96. The maximum atomic E-state index is 12.0. The number of benzene rings is 1. The molecule has 2 aromatic rings. The molecule has 0 atom stereocenters. The SMILES string of the molecule is CC(C)(C)NC(=O)CNC(=O)c1ccc(-c2nnco2)cc1. The monoisotopic (exact) mass is 302 g/mol. The van der Waals surface area contributed by atoms with Gasteiger partial charge in [-0.2, -0.15) is 0 Å². The lowest BCUT2D eigenvalue weighted by Crippen LogP contribution is -2.45. The Morgan fingerprint density at radius 2 is 1.86 bits per heavy atom. The third kappa shape index (κ3) is 4.41. The van der Waals surface area contributed by atoms with Crippen LogP contribution in [0.1, 0.15) is 31.1 Å². The first kappa shape index (κ1) is 15.7. The second-order valence-corrected chi connectivity index (χ2v) is 5.80. The van der Waals surface area contributed by atoms with E-state index in [2.05, 4.69) is 20.8 Å². The van der Waals surface area contributed by atoms with E-state index in [4.69, 9.17) is 4.42 Å². The van der Waals surface area contributed by atoms with Gasteiger partial charge in [-0.15, -0.1) is 10.2 Å². The van der Waals surface area contributed by atoms with Crippen molar-refractivity contribution in [2.24, 2.45) is 0 Å². The van der Waals surface area contributed by atoms with Crippen LogP contribution in [0.3, 0.4) is 0 Å². The molecule has 0 saturated carbocycles. The summed E-state index contributed by atoms with van der Waals surface area (Å²) in [6, 6.07) is 6.68. The van der Waals surface area contributed by atoms with Crippen LogP contribution in [0.4, 0.5) is 0 Å². The molecule has 0 aliphatic heterocycles. The number of nitrogens with one attached hydrogen (secondary N) is 2. The minimum absolute atomic E-state index is 0.0679. The molecule has 0 aliphatic carbocycles. The molecule has 1 aromatic carbocycles. The van der Waals surface area contributed by atoms with E-state index in [-0.39, 0.29) is 23.9 Å². The largest absolute Gasteiger partial charge is 0.423 e. The van der Waals surface area contributed by atoms with Crippen molar-refractivity contribution in [1.82, 2.24) is 20.8 Å². The minimum Gasteiger partial charge on any atom is -0.423 e. The van der Waals surface area contributed by atoms with Crippen molar-refractivity contribution in [3.05, 3.63) is 36.2 Å². The average molecular weight is 302 g/mol. The number of amides is 2. The van der Waals surface area contributed by atoms with Gasteiger partial charge in [0.1, 0.15) is 0 Å². The number of carbonyl (C=O) groups is 2. The Morgan fingerprint density at radius 1 is 1.18 bits per heavy atom. The maximum Gasteiger partial charge on any atom is 0.251 e. The van der Waals surface area contributed by atoms with Crippen molar-refractivity contribution in [2.75, 3.05) is 6.54 Å². The van der Waals surface area contributed by atoms with Crippen molar-refractivity contribution in [3.63, 3.8) is 0 Å². The lowest BCUT2D eigenvalue weighted by molar-refractivity contribution is -0.121. The van der Waals surface area contributed by atoms with Crippen LogP contribution in [-0.2, 0) is 4.79 Å². The molecule has 0 saturated heterocycles. The third-order valence-corrected chi connectivity index (χ3v) is 2.68. The Labute approximate surface area is 128 Å². The van der Waals surface area contributed by atoms with Crippen LogP contribution in [-0.4, -0.2) is 34.1 Å². The quantitative estimate of drug-likeness (QED) is 0.889. The predicted molar refractivity (Wildman–Crippen MR) is 80.0 cm³/mol. The van der Waals surface area contributed by atoms with Gasteiger partial charge >= 0.3 is 0 Å². The molecule has 22 heavy (non-hydrogen) atoms. The van der Waals surface area contributed by atoms with Gasteiger partial charge in [-0.25, -0.2) is 0 Å². The Morgan fingerprint density at radius 3 is 2.41 bits per heavy atom. The topological polar surface area (TPSA) is 97.1 Å². The van der Waals surface area contributed by atoms with Gasteiger partial charge < -0.3 is 15.1 Å². The fraction of sp³-hybridized carbons (Fsp3) is 0.333. The molecule has 0 spiro atoms. The summed E-state index contributed by atoms with van der Waals surface area (Å²) in [6.45, 7) is 5.57. The molecule has 7 nitrogen and oxygen atoms in total. The fourth-order valence-electron chi connectivity index (χ4n) is 1.79. The van der Waals surface area contributed by atoms with E-state index in [9.17, 15) is 9.59 Å². The van der Waals surface area contributed by atoms with E-state index in [1.54, 1.807) is 24.3 Å². The van der Waals surface area contributed by atoms with E-state index in [0.29, 0.717) is 11.5 Å². The van der Waals surface area contributed by atoms with Gasteiger partial charge in [-0.05, 0) is 45.0 Å². The van der Waals surface area contributed by atoms with Crippen LogP contribution in [0, 0.1) is 0 Å². The Hall–Kier alpha value is -2.70. The molecular formula is C15H18N4O3. The van der Waals surface area contributed by atoms with Gasteiger partial charge in [0.05, 0.1) is 6.54 Å². The average Bonchev–Trinajstić information content (AvgIpc) is 2.97. The van der Waals surface area contributed by atoms with Crippen LogP contribution in [0.25, 0.3) is 11.5 Å². The molecule has 7 heteroatoms. The molecule has 0 aliphatic rings. The summed E-state index contributed by atoms with van der Waals surface area (Å²) < 4.78 is 5.07. The predicted octanol–water partition coefficient (Wildman–Crippen LogP) is 1.38. The lowest BCUT2D eigenvalue weighted by atomic mass is 10.1. The van der Waals surface area contributed by atoms with Crippen LogP contribution in [0.5, 0.6) is 0 Å². The van der Waals surface area contributed by atoms with Gasteiger partial charge in [0, 0.05) is 16.7 Å². The summed E-state index contributed by atoms with van der Waals surface area (Å²) in [5.74, 6) is -0.166. The molecule has 0 bridgehead atoms. The van der Waals surface area contributed by atoms with E-state index in [0.717, 1.165) is 5.56 Å². The molecule has 116 valence electrons. The first-order valence-electron chi connectivity index (χ1n) is 6.81. The lowest BCUT2D eigenvalue weighted by Gasteiger charge is -2.20. The van der Waals surface area contributed by atoms with Gasteiger partial charge in [0.2, 0.25) is 18.2 Å². The van der Waals surface area contributed by atoms with Gasteiger partial charge in [0.15, 0.2) is 0 Å². The number of aromatic nitrogens is 2. The van der Waals surface area contributed by atoms with Crippen molar-refractivity contribution >= 4 is 11.8 Å². The van der Waals surface area contributed by atoms with Crippen molar-refractivity contribution < 1.29 is 14.0 Å². The zero-order valence-electron chi connectivity index (χ0n) is 12.7. The summed E-state index contributed by atoms with van der Waals surface area (Å²) in [7, 11) is 0. The number of nitrogens with zero attached hydrogens (tertiary/aromatic N) is 2. The molecular weight excluding hydrogens is 284 g/mol.